The molecule has 6 heteroatoms. The van der Waals surface area contributed by atoms with Crippen molar-refractivity contribution < 1.29 is 8.42 Å². The van der Waals surface area contributed by atoms with Crippen LogP contribution in [0.5, 0.6) is 0 Å². The molecule has 0 fully saturated rings. The second kappa shape index (κ2) is 5.29. The Morgan fingerprint density at radius 2 is 2.29 bits per heavy atom. The quantitative estimate of drug-likeness (QED) is 0.611. The molecule has 1 rings (SSSR count). The van der Waals surface area contributed by atoms with Crippen LogP contribution < -0.4 is 4.72 Å². The van der Waals surface area contributed by atoms with E-state index in [1.807, 2.05) is 0 Å². The Morgan fingerprint density at radius 3 is 2.86 bits per heavy atom. The van der Waals surface area contributed by atoms with E-state index in [1.54, 1.807) is 6.07 Å². The maximum absolute atomic E-state index is 11.5. The molecule has 0 aromatic carbocycles. The van der Waals surface area contributed by atoms with Crippen molar-refractivity contribution in [2.24, 2.45) is 0 Å². The van der Waals surface area contributed by atoms with Gasteiger partial charge in [-0.2, -0.15) is 0 Å². The highest BCUT2D eigenvalue weighted by Gasteiger charge is 2.11. The van der Waals surface area contributed by atoms with E-state index in [0.717, 1.165) is 0 Å². The number of pyridine rings is 1. The summed E-state index contributed by atoms with van der Waals surface area (Å²) in [6.45, 7) is 0.348. The minimum Gasteiger partial charge on any atom is -0.263 e. The van der Waals surface area contributed by atoms with Gasteiger partial charge >= 0.3 is 0 Å². The lowest BCUT2D eigenvalue weighted by molar-refractivity contribution is 0.580. The zero-order chi connectivity index (χ0) is 10.4. The summed E-state index contributed by atoms with van der Waals surface area (Å²) < 4.78 is 25.4. The van der Waals surface area contributed by atoms with Crippen molar-refractivity contribution in [1.29, 1.82) is 0 Å². The van der Waals surface area contributed by atoms with Crippen LogP contribution in [0.2, 0.25) is 0 Å². The van der Waals surface area contributed by atoms with Gasteiger partial charge in [-0.1, -0.05) is 0 Å². The van der Waals surface area contributed by atoms with Gasteiger partial charge in [-0.05, 0) is 18.6 Å². The first-order valence-electron chi connectivity index (χ1n) is 4.12. The molecule has 0 aliphatic carbocycles. The summed E-state index contributed by atoms with van der Waals surface area (Å²) in [5, 5.41) is 0. The minimum absolute atomic E-state index is 0.176. The first-order valence-corrected chi connectivity index (χ1v) is 6.14. The van der Waals surface area contributed by atoms with Gasteiger partial charge in [0.1, 0.15) is 4.90 Å². The highest BCUT2D eigenvalue weighted by Crippen LogP contribution is 2.04. The molecule has 1 aromatic rings. The number of halogens is 1. The minimum atomic E-state index is -3.40. The third kappa shape index (κ3) is 3.25. The standard InChI is InChI=1S/C8H11ClN2O2S/c9-4-2-6-11-14(12,13)8-3-1-5-10-7-8/h1,3,5,7,11H,2,4,6H2. The van der Waals surface area contributed by atoms with Gasteiger partial charge in [0.2, 0.25) is 10.0 Å². The average molecular weight is 235 g/mol. The van der Waals surface area contributed by atoms with E-state index >= 15 is 0 Å². The molecule has 1 heterocycles. The normalized spacial score (nSPS) is 11.5. The van der Waals surface area contributed by atoms with Crippen molar-refractivity contribution >= 4 is 21.6 Å². The second-order valence-electron chi connectivity index (χ2n) is 2.63. The van der Waals surface area contributed by atoms with Crippen LogP contribution in [0.15, 0.2) is 29.4 Å². The van der Waals surface area contributed by atoms with E-state index in [0.29, 0.717) is 18.8 Å². The van der Waals surface area contributed by atoms with Crippen LogP contribution >= 0.6 is 11.6 Å². The van der Waals surface area contributed by atoms with E-state index < -0.39 is 10.0 Å². The Balaban J connectivity index is 2.67. The van der Waals surface area contributed by atoms with Crippen LogP contribution in [0.25, 0.3) is 0 Å². The maximum atomic E-state index is 11.5. The van der Waals surface area contributed by atoms with Crippen LogP contribution in [-0.2, 0) is 10.0 Å². The van der Waals surface area contributed by atoms with E-state index in [-0.39, 0.29) is 4.90 Å². The summed E-state index contributed by atoms with van der Waals surface area (Å²) in [7, 11) is -3.40. The van der Waals surface area contributed by atoms with Crippen LogP contribution in [0.3, 0.4) is 0 Å². The lowest BCUT2D eigenvalue weighted by atomic mass is 10.5. The summed E-state index contributed by atoms with van der Waals surface area (Å²) >= 11 is 5.43. The predicted molar refractivity (Wildman–Crippen MR) is 54.8 cm³/mol. The molecule has 0 aliphatic heterocycles. The van der Waals surface area contributed by atoms with E-state index in [9.17, 15) is 8.42 Å². The fraction of sp³-hybridized carbons (Fsp3) is 0.375. The van der Waals surface area contributed by atoms with Gasteiger partial charge in [-0.3, -0.25) is 4.98 Å². The monoisotopic (exact) mass is 234 g/mol. The fourth-order valence-electron chi connectivity index (χ4n) is 0.863. The largest absolute Gasteiger partial charge is 0.263 e. The van der Waals surface area contributed by atoms with Gasteiger partial charge < -0.3 is 0 Å². The van der Waals surface area contributed by atoms with Crippen LogP contribution in [-0.4, -0.2) is 25.8 Å². The van der Waals surface area contributed by atoms with Crippen LogP contribution in [0.1, 0.15) is 6.42 Å². The summed E-state index contributed by atoms with van der Waals surface area (Å²) in [6, 6.07) is 3.08. The molecule has 0 aliphatic rings. The van der Waals surface area contributed by atoms with Crippen LogP contribution in [0.4, 0.5) is 0 Å². The topological polar surface area (TPSA) is 59.1 Å². The molecule has 0 saturated heterocycles. The highest BCUT2D eigenvalue weighted by atomic mass is 35.5. The number of nitrogens with zero attached hydrogens (tertiary/aromatic N) is 1. The summed E-state index contributed by atoms with van der Waals surface area (Å²) in [6.07, 6.45) is 3.45. The van der Waals surface area contributed by atoms with Gasteiger partial charge in [0.15, 0.2) is 0 Å². The first kappa shape index (κ1) is 11.4. The smallest absolute Gasteiger partial charge is 0.242 e. The number of alkyl halides is 1. The molecule has 4 nitrogen and oxygen atoms in total. The average Bonchev–Trinajstić information content (AvgIpc) is 2.19. The summed E-state index contributed by atoms with van der Waals surface area (Å²) in [5.41, 5.74) is 0. The van der Waals surface area contributed by atoms with Crippen molar-refractivity contribution in [2.45, 2.75) is 11.3 Å². The number of aromatic nitrogens is 1. The van der Waals surface area contributed by atoms with E-state index in [2.05, 4.69) is 9.71 Å². The number of rotatable bonds is 5. The van der Waals surface area contributed by atoms with Gasteiger partial charge in [-0.15, -0.1) is 11.6 Å². The summed E-state index contributed by atoms with van der Waals surface area (Å²) in [5.74, 6) is 0.440. The molecule has 0 saturated carbocycles. The number of hydrogen-bond acceptors (Lipinski definition) is 3. The number of nitrogens with one attached hydrogen (secondary N) is 1. The van der Waals surface area contributed by atoms with Gasteiger partial charge in [0.25, 0.3) is 0 Å². The van der Waals surface area contributed by atoms with Gasteiger partial charge in [0.05, 0.1) is 0 Å². The Kier molecular flexibility index (Phi) is 4.31. The lowest BCUT2D eigenvalue weighted by Crippen LogP contribution is -2.25. The van der Waals surface area contributed by atoms with E-state index in [1.165, 1.54) is 18.5 Å². The Bertz CT molecular complexity index is 366. The van der Waals surface area contributed by atoms with E-state index in [4.69, 9.17) is 11.6 Å². The van der Waals surface area contributed by atoms with Gasteiger partial charge in [0, 0.05) is 24.8 Å². The third-order valence-electron chi connectivity index (χ3n) is 1.55. The van der Waals surface area contributed by atoms with Gasteiger partial charge in [-0.25, -0.2) is 13.1 Å². The fourth-order valence-corrected chi connectivity index (χ4v) is 2.03. The molecule has 1 N–H and O–H groups in total. The molecule has 1 aromatic heterocycles. The van der Waals surface area contributed by atoms with Crippen molar-refractivity contribution in [3.05, 3.63) is 24.5 Å². The van der Waals surface area contributed by atoms with Crippen molar-refractivity contribution in [3.8, 4) is 0 Å². The maximum Gasteiger partial charge on any atom is 0.242 e. The number of sulfonamides is 1. The number of hydrogen-bond donors (Lipinski definition) is 1. The molecule has 0 amide bonds. The zero-order valence-corrected chi connectivity index (χ0v) is 9.05. The molecule has 0 spiro atoms. The molecule has 14 heavy (non-hydrogen) atoms. The van der Waals surface area contributed by atoms with Crippen molar-refractivity contribution in [1.82, 2.24) is 9.71 Å². The molecule has 0 radical (unpaired) electrons. The molecule has 0 bridgehead atoms. The predicted octanol–water partition coefficient (Wildman–Crippen LogP) is 0.989. The zero-order valence-electron chi connectivity index (χ0n) is 7.48. The Morgan fingerprint density at radius 1 is 1.50 bits per heavy atom. The lowest BCUT2D eigenvalue weighted by Gasteiger charge is -2.04. The van der Waals surface area contributed by atoms with Crippen LogP contribution in [0, 0.1) is 0 Å². The third-order valence-corrected chi connectivity index (χ3v) is 3.26. The Hall–Kier alpha value is -0.650. The SMILES string of the molecule is O=S(=O)(NCCCCl)c1cccnc1. The molecule has 78 valence electrons. The Labute approximate surface area is 88.4 Å². The van der Waals surface area contributed by atoms with Crippen molar-refractivity contribution in [2.75, 3.05) is 12.4 Å². The van der Waals surface area contributed by atoms with Crippen molar-refractivity contribution in [3.63, 3.8) is 0 Å². The first-order chi connectivity index (χ1) is 6.67. The molecule has 0 unspecified atom stereocenters. The second-order valence-corrected chi connectivity index (χ2v) is 4.77. The highest BCUT2D eigenvalue weighted by molar-refractivity contribution is 7.89. The molecule has 0 atom stereocenters. The summed E-state index contributed by atoms with van der Waals surface area (Å²) in [4.78, 5) is 3.91. The molecular formula is C8H11ClN2O2S. The molecular weight excluding hydrogens is 224 g/mol.